The minimum atomic E-state index is -3.61. The van der Waals surface area contributed by atoms with Crippen LogP contribution in [0.2, 0.25) is 0 Å². The van der Waals surface area contributed by atoms with E-state index in [9.17, 15) is 8.42 Å². The normalized spacial score (nSPS) is 11.8. The molecule has 0 fully saturated rings. The molecule has 0 unspecified atom stereocenters. The van der Waals surface area contributed by atoms with Crippen molar-refractivity contribution in [3.63, 3.8) is 0 Å². The molecule has 0 amide bonds. The van der Waals surface area contributed by atoms with Crippen LogP contribution in [0.4, 0.5) is 0 Å². The highest BCUT2D eigenvalue weighted by atomic mass is 32.2. The van der Waals surface area contributed by atoms with Crippen LogP contribution in [0.3, 0.4) is 0 Å². The first-order valence-electron chi connectivity index (χ1n) is 5.90. The van der Waals surface area contributed by atoms with E-state index in [0.29, 0.717) is 15.4 Å². The van der Waals surface area contributed by atoms with Gasteiger partial charge in [-0.15, -0.1) is 11.3 Å². The third-order valence-corrected chi connectivity index (χ3v) is 5.34. The molecular formula is C12H15N3O3S2. The van der Waals surface area contributed by atoms with E-state index in [4.69, 9.17) is 5.11 Å². The fourth-order valence-corrected chi connectivity index (χ4v) is 4.12. The standard InChI is InChI=1S/C12H15N3O3S2/c1-8-4-14-10(5-13-8)6-15-20(17,18)12-3-11(7-16)19-9(12)2/h3-5,15-16H,6-7H2,1-2H3. The van der Waals surface area contributed by atoms with Gasteiger partial charge in [-0.1, -0.05) is 0 Å². The van der Waals surface area contributed by atoms with Crippen molar-refractivity contribution in [1.29, 1.82) is 0 Å². The zero-order valence-electron chi connectivity index (χ0n) is 11.1. The number of rotatable bonds is 5. The van der Waals surface area contributed by atoms with Gasteiger partial charge in [-0.25, -0.2) is 13.1 Å². The molecule has 108 valence electrons. The Morgan fingerprint density at radius 1 is 1.30 bits per heavy atom. The van der Waals surface area contributed by atoms with E-state index < -0.39 is 10.0 Å². The molecule has 0 saturated heterocycles. The SMILES string of the molecule is Cc1cnc(CNS(=O)(=O)c2cc(CO)sc2C)cn1. The average Bonchev–Trinajstić information content (AvgIpc) is 2.80. The molecule has 2 rings (SSSR count). The summed E-state index contributed by atoms with van der Waals surface area (Å²) in [7, 11) is -3.61. The molecule has 6 nitrogen and oxygen atoms in total. The number of aryl methyl sites for hydroxylation is 2. The Labute approximate surface area is 121 Å². The highest BCUT2D eigenvalue weighted by Crippen LogP contribution is 2.25. The summed E-state index contributed by atoms with van der Waals surface area (Å²) >= 11 is 1.27. The van der Waals surface area contributed by atoms with Crippen LogP contribution in [0, 0.1) is 13.8 Å². The van der Waals surface area contributed by atoms with E-state index in [1.165, 1.54) is 23.6 Å². The number of thiophene rings is 1. The van der Waals surface area contributed by atoms with Crippen LogP contribution in [0.25, 0.3) is 0 Å². The molecule has 2 heterocycles. The van der Waals surface area contributed by atoms with E-state index in [1.807, 2.05) is 6.92 Å². The van der Waals surface area contributed by atoms with Gasteiger partial charge in [-0.3, -0.25) is 9.97 Å². The Hall–Kier alpha value is -1.35. The van der Waals surface area contributed by atoms with E-state index in [1.54, 1.807) is 13.1 Å². The summed E-state index contributed by atoms with van der Waals surface area (Å²) in [5.41, 5.74) is 1.33. The lowest BCUT2D eigenvalue weighted by molar-refractivity contribution is 0.285. The maximum Gasteiger partial charge on any atom is 0.242 e. The van der Waals surface area contributed by atoms with Crippen molar-refractivity contribution in [2.45, 2.75) is 31.9 Å². The number of nitrogens with zero attached hydrogens (tertiary/aromatic N) is 2. The zero-order valence-corrected chi connectivity index (χ0v) is 12.8. The van der Waals surface area contributed by atoms with Crippen molar-refractivity contribution in [1.82, 2.24) is 14.7 Å². The van der Waals surface area contributed by atoms with Gasteiger partial charge in [0.05, 0.1) is 35.6 Å². The van der Waals surface area contributed by atoms with Gasteiger partial charge in [0.15, 0.2) is 0 Å². The molecule has 0 spiro atoms. The maximum absolute atomic E-state index is 12.2. The molecule has 2 aromatic heterocycles. The van der Waals surface area contributed by atoms with Crippen LogP contribution >= 0.6 is 11.3 Å². The zero-order chi connectivity index (χ0) is 14.8. The first-order chi connectivity index (χ1) is 9.42. The summed E-state index contributed by atoms with van der Waals surface area (Å²) in [6.45, 7) is 3.44. The van der Waals surface area contributed by atoms with Gasteiger partial charge in [0.25, 0.3) is 0 Å². The predicted octanol–water partition coefficient (Wildman–Crippen LogP) is 1.13. The molecule has 20 heavy (non-hydrogen) atoms. The van der Waals surface area contributed by atoms with Crippen LogP contribution in [0.15, 0.2) is 23.4 Å². The summed E-state index contributed by atoms with van der Waals surface area (Å²) < 4.78 is 26.9. The van der Waals surface area contributed by atoms with Crippen LogP contribution in [0.1, 0.15) is 21.1 Å². The molecule has 8 heteroatoms. The van der Waals surface area contributed by atoms with Gasteiger partial charge in [0.2, 0.25) is 10.0 Å². The molecular weight excluding hydrogens is 298 g/mol. The van der Waals surface area contributed by atoms with Gasteiger partial charge in [-0.05, 0) is 19.9 Å². The van der Waals surface area contributed by atoms with E-state index in [0.717, 1.165) is 5.69 Å². The Morgan fingerprint density at radius 2 is 2.05 bits per heavy atom. The van der Waals surface area contributed by atoms with Gasteiger partial charge in [0, 0.05) is 16.0 Å². The van der Waals surface area contributed by atoms with Crippen LogP contribution < -0.4 is 4.72 Å². The van der Waals surface area contributed by atoms with Crippen molar-refractivity contribution in [2.24, 2.45) is 0 Å². The number of hydrogen-bond acceptors (Lipinski definition) is 6. The molecule has 0 saturated carbocycles. The monoisotopic (exact) mass is 313 g/mol. The second-order valence-electron chi connectivity index (χ2n) is 4.26. The second-order valence-corrected chi connectivity index (χ2v) is 7.34. The highest BCUT2D eigenvalue weighted by molar-refractivity contribution is 7.89. The molecule has 2 aromatic rings. The fourth-order valence-electron chi connectivity index (χ4n) is 1.63. The lowest BCUT2D eigenvalue weighted by atomic mass is 10.4. The Bertz CT molecular complexity index is 693. The summed E-state index contributed by atoms with van der Waals surface area (Å²) in [6.07, 6.45) is 3.13. The number of aliphatic hydroxyl groups excluding tert-OH is 1. The molecule has 0 aliphatic rings. The summed E-state index contributed by atoms with van der Waals surface area (Å²) in [6, 6.07) is 1.49. The van der Waals surface area contributed by atoms with Crippen LogP contribution in [0.5, 0.6) is 0 Å². The molecule has 0 radical (unpaired) electrons. The van der Waals surface area contributed by atoms with Crippen molar-refractivity contribution in [3.8, 4) is 0 Å². The quantitative estimate of drug-likeness (QED) is 0.863. The molecule has 0 atom stereocenters. The third kappa shape index (κ3) is 3.40. The second kappa shape index (κ2) is 5.96. The number of aromatic nitrogens is 2. The fraction of sp³-hybridized carbons (Fsp3) is 0.333. The van der Waals surface area contributed by atoms with Crippen molar-refractivity contribution in [2.75, 3.05) is 0 Å². The molecule has 0 aliphatic heterocycles. The third-order valence-electron chi connectivity index (χ3n) is 2.65. The van der Waals surface area contributed by atoms with Crippen LogP contribution in [-0.4, -0.2) is 23.5 Å². The number of hydrogen-bond donors (Lipinski definition) is 2. The first-order valence-corrected chi connectivity index (χ1v) is 8.19. The Balaban J connectivity index is 2.14. The van der Waals surface area contributed by atoms with Gasteiger partial charge in [0.1, 0.15) is 0 Å². The van der Waals surface area contributed by atoms with Crippen molar-refractivity contribution in [3.05, 3.63) is 39.6 Å². The Kier molecular flexibility index (Phi) is 4.48. The lowest BCUT2D eigenvalue weighted by Gasteiger charge is -2.05. The predicted molar refractivity (Wildman–Crippen MR) is 75.8 cm³/mol. The molecule has 2 N–H and O–H groups in total. The van der Waals surface area contributed by atoms with Gasteiger partial charge >= 0.3 is 0 Å². The largest absolute Gasteiger partial charge is 0.391 e. The number of nitrogens with one attached hydrogen (secondary N) is 1. The van der Waals surface area contributed by atoms with E-state index in [-0.39, 0.29) is 18.0 Å². The topological polar surface area (TPSA) is 92.2 Å². The number of sulfonamides is 1. The van der Waals surface area contributed by atoms with Crippen molar-refractivity contribution >= 4 is 21.4 Å². The smallest absolute Gasteiger partial charge is 0.242 e. The van der Waals surface area contributed by atoms with E-state index in [2.05, 4.69) is 14.7 Å². The van der Waals surface area contributed by atoms with Gasteiger partial charge < -0.3 is 5.11 Å². The van der Waals surface area contributed by atoms with Crippen LogP contribution in [-0.2, 0) is 23.2 Å². The molecule has 0 bridgehead atoms. The minimum absolute atomic E-state index is 0.0827. The summed E-state index contributed by atoms with van der Waals surface area (Å²) in [5.74, 6) is 0. The minimum Gasteiger partial charge on any atom is -0.391 e. The number of aliphatic hydroxyl groups is 1. The Morgan fingerprint density at radius 3 is 2.60 bits per heavy atom. The van der Waals surface area contributed by atoms with Gasteiger partial charge in [-0.2, -0.15) is 0 Å². The molecule has 0 aromatic carbocycles. The highest BCUT2D eigenvalue weighted by Gasteiger charge is 2.19. The molecule has 0 aliphatic carbocycles. The maximum atomic E-state index is 12.2. The first kappa shape index (κ1) is 15.0. The van der Waals surface area contributed by atoms with E-state index >= 15 is 0 Å². The summed E-state index contributed by atoms with van der Waals surface area (Å²) in [4.78, 5) is 9.62. The van der Waals surface area contributed by atoms with Crippen molar-refractivity contribution < 1.29 is 13.5 Å². The average molecular weight is 313 g/mol. The lowest BCUT2D eigenvalue weighted by Crippen LogP contribution is -2.24. The summed E-state index contributed by atoms with van der Waals surface area (Å²) in [5, 5.41) is 9.05.